The fourth-order valence-electron chi connectivity index (χ4n) is 4.70. The Morgan fingerprint density at radius 1 is 1.00 bits per heavy atom. The van der Waals surface area contributed by atoms with Crippen molar-refractivity contribution in [3.63, 3.8) is 0 Å². The molecule has 4 rings (SSSR count). The first-order valence-electron chi connectivity index (χ1n) is 11.1. The first kappa shape index (κ1) is 22.8. The molecule has 1 saturated carbocycles. The highest BCUT2D eigenvalue weighted by Gasteiger charge is 2.39. The molecule has 2 aromatic rings. The Morgan fingerprint density at radius 3 is 2.15 bits per heavy atom. The topological polar surface area (TPSA) is 125 Å². The largest absolute Gasteiger partial charge is 0.479 e. The number of ether oxygens (including phenoxy) is 1. The van der Waals surface area contributed by atoms with Crippen molar-refractivity contribution in [1.29, 1.82) is 0 Å². The lowest BCUT2D eigenvalue weighted by atomic mass is 9.66. The number of amides is 2. The van der Waals surface area contributed by atoms with Gasteiger partial charge in [-0.1, -0.05) is 55.0 Å². The number of hydrogen-bond donors (Lipinski definition) is 4. The first-order chi connectivity index (χ1) is 15.9. The lowest BCUT2D eigenvalue weighted by Gasteiger charge is -2.41. The maximum atomic E-state index is 12.5. The Balaban J connectivity index is 1.29. The predicted octanol–water partition coefficient (Wildman–Crippen LogP) is 2.65. The summed E-state index contributed by atoms with van der Waals surface area (Å²) < 4.78 is 5.57. The van der Waals surface area contributed by atoms with Crippen molar-refractivity contribution in [1.82, 2.24) is 10.6 Å². The third-order valence-corrected chi connectivity index (χ3v) is 6.68. The minimum absolute atomic E-state index is 0.0211. The average molecular weight is 453 g/mol. The zero-order valence-electron chi connectivity index (χ0n) is 18.3. The smallest absolute Gasteiger partial charge is 0.407 e. The van der Waals surface area contributed by atoms with Crippen LogP contribution in [0.4, 0.5) is 4.79 Å². The molecular weight excluding hydrogens is 424 g/mol. The molecule has 0 radical (unpaired) electrons. The summed E-state index contributed by atoms with van der Waals surface area (Å²) in [6.07, 6.45) is 0.521. The molecule has 0 aromatic heterocycles. The van der Waals surface area contributed by atoms with Crippen LogP contribution in [0.15, 0.2) is 48.5 Å². The summed E-state index contributed by atoms with van der Waals surface area (Å²) in [5.41, 5.74) is 4.23. The second-order valence-electron chi connectivity index (χ2n) is 8.87. The number of benzene rings is 2. The van der Waals surface area contributed by atoms with Gasteiger partial charge in [-0.15, -0.1) is 0 Å². The standard InChI is InChI=1S/C25H28N2O6/c28-21(23(30)31)13-26-22(29)12-25(10-5-11-25)15-27-24(32)33-14-20-18-8-3-1-6-16(18)17-7-2-4-9-19(17)20/h1-4,6-9,20-21,28H,5,10-15H2,(H,26,29)(H,27,32)(H,30,31)/t21-/m0/s1. The van der Waals surface area contributed by atoms with Crippen molar-refractivity contribution in [2.24, 2.45) is 5.41 Å². The molecule has 174 valence electrons. The van der Waals surface area contributed by atoms with Gasteiger partial charge in [-0.25, -0.2) is 9.59 Å². The molecule has 2 aromatic carbocycles. The maximum absolute atomic E-state index is 12.5. The monoisotopic (exact) mass is 452 g/mol. The number of rotatable bonds is 9. The number of nitrogens with one attached hydrogen (secondary N) is 2. The fourth-order valence-corrected chi connectivity index (χ4v) is 4.70. The van der Waals surface area contributed by atoms with Crippen LogP contribution in [-0.4, -0.2) is 54.0 Å². The number of aliphatic carboxylic acids is 1. The van der Waals surface area contributed by atoms with E-state index < -0.39 is 18.2 Å². The van der Waals surface area contributed by atoms with E-state index in [9.17, 15) is 19.5 Å². The summed E-state index contributed by atoms with van der Waals surface area (Å²) in [5.74, 6) is -1.75. The Hall–Kier alpha value is -3.39. The number of carbonyl (C=O) groups excluding carboxylic acids is 2. The van der Waals surface area contributed by atoms with Crippen molar-refractivity contribution in [3.8, 4) is 11.1 Å². The van der Waals surface area contributed by atoms with Gasteiger partial charge in [0.1, 0.15) is 6.61 Å². The zero-order chi connectivity index (χ0) is 23.4. The highest BCUT2D eigenvalue weighted by molar-refractivity contribution is 5.80. The molecule has 0 saturated heterocycles. The normalized spacial score (nSPS) is 16.6. The van der Waals surface area contributed by atoms with E-state index in [0.717, 1.165) is 41.5 Å². The van der Waals surface area contributed by atoms with E-state index in [0.29, 0.717) is 6.54 Å². The molecule has 0 heterocycles. The molecule has 1 fully saturated rings. The number of carbonyl (C=O) groups is 3. The predicted molar refractivity (Wildman–Crippen MR) is 121 cm³/mol. The Morgan fingerprint density at radius 2 is 1.61 bits per heavy atom. The molecule has 8 heteroatoms. The molecule has 0 unspecified atom stereocenters. The van der Waals surface area contributed by atoms with Crippen molar-refractivity contribution in [2.75, 3.05) is 19.7 Å². The lowest BCUT2D eigenvalue weighted by Crippen LogP contribution is -2.46. The summed E-state index contributed by atoms with van der Waals surface area (Å²) in [7, 11) is 0. The van der Waals surface area contributed by atoms with Crippen LogP contribution >= 0.6 is 0 Å². The van der Waals surface area contributed by atoms with E-state index in [1.54, 1.807) is 0 Å². The van der Waals surface area contributed by atoms with Crippen LogP contribution in [0.25, 0.3) is 11.1 Å². The molecule has 1 atom stereocenters. The fraction of sp³-hybridized carbons (Fsp3) is 0.400. The number of alkyl carbamates (subject to hydrolysis) is 1. The molecule has 4 N–H and O–H groups in total. The number of hydrogen-bond acceptors (Lipinski definition) is 5. The molecule has 2 amide bonds. The molecule has 2 aliphatic rings. The van der Waals surface area contributed by atoms with Gasteiger partial charge in [-0.05, 0) is 40.5 Å². The van der Waals surface area contributed by atoms with Gasteiger partial charge in [0, 0.05) is 18.9 Å². The van der Waals surface area contributed by atoms with Gasteiger partial charge >= 0.3 is 12.1 Å². The van der Waals surface area contributed by atoms with E-state index in [2.05, 4.69) is 34.9 Å². The number of carboxylic acid groups (broad SMARTS) is 1. The first-order valence-corrected chi connectivity index (χ1v) is 11.1. The van der Waals surface area contributed by atoms with E-state index in [-0.39, 0.29) is 36.8 Å². The lowest BCUT2D eigenvalue weighted by molar-refractivity contribution is -0.146. The Bertz CT molecular complexity index is 1000. The van der Waals surface area contributed by atoms with Crippen LogP contribution < -0.4 is 10.6 Å². The second kappa shape index (κ2) is 9.62. The van der Waals surface area contributed by atoms with Gasteiger partial charge in [-0.2, -0.15) is 0 Å². The molecule has 0 aliphatic heterocycles. The van der Waals surface area contributed by atoms with Crippen molar-refractivity contribution < 1.29 is 29.3 Å². The summed E-state index contributed by atoms with van der Waals surface area (Å²) in [6.45, 7) is 0.184. The highest BCUT2D eigenvalue weighted by atomic mass is 16.5. The van der Waals surface area contributed by atoms with E-state index in [1.165, 1.54) is 0 Å². The second-order valence-corrected chi connectivity index (χ2v) is 8.87. The number of fused-ring (bicyclic) bond motifs is 3. The summed E-state index contributed by atoms with van der Waals surface area (Å²) in [4.78, 5) is 35.3. The summed E-state index contributed by atoms with van der Waals surface area (Å²) >= 11 is 0. The van der Waals surface area contributed by atoms with E-state index in [4.69, 9.17) is 9.84 Å². The molecule has 33 heavy (non-hydrogen) atoms. The number of aliphatic hydroxyl groups is 1. The Kier molecular flexibility index (Phi) is 6.65. The van der Waals surface area contributed by atoms with Gasteiger partial charge < -0.3 is 25.6 Å². The molecule has 8 nitrogen and oxygen atoms in total. The van der Waals surface area contributed by atoms with Gasteiger partial charge in [0.25, 0.3) is 0 Å². The average Bonchev–Trinajstić information content (AvgIpc) is 3.11. The third kappa shape index (κ3) is 5.01. The molecule has 0 bridgehead atoms. The van der Waals surface area contributed by atoms with Crippen molar-refractivity contribution in [2.45, 2.75) is 37.7 Å². The van der Waals surface area contributed by atoms with E-state index in [1.807, 2.05) is 24.3 Å². The van der Waals surface area contributed by atoms with Crippen molar-refractivity contribution in [3.05, 3.63) is 59.7 Å². The van der Waals surface area contributed by atoms with Crippen LogP contribution in [0, 0.1) is 5.41 Å². The van der Waals surface area contributed by atoms with Crippen LogP contribution in [0.2, 0.25) is 0 Å². The van der Waals surface area contributed by atoms with Crippen LogP contribution in [-0.2, 0) is 14.3 Å². The highest BCUT2D eigenvalue weighted by Crippen LogP contribution is 2.45. The van der Waals surface area contributed by atoms with Gasteiger partial charge in [0.15, 0.2) is 6.10 Å². The summed E-state index contributed by atoms with van der Waals surface area (Å²) in [6, 6.07) is 16.3. The van der Waals surface area contributed by atoms with E-state index >= 15 is 0 Å². The van der Waals surface area contributed by atoms with Crippen LogP contribution in [0.1, 0.15) is 42.7 Å². The molecular formula is C25H28N2O6. The quantitative estimate of drug-likeness (QED) is 0.464. The van der Waals surface area contributed by atoms with Gasteiger partial charge in [-0.3, -0.25) is 4.79 Å². The molecule has 2 aliphatic carbocycles. The SMILES string of the molecule is O=C(CC1(CNC(=O)OCC2c3ccccc3-c3ccccc32)CCC1)NC[C@H](O)C(=O)O. The Labute approximate surface area is 192 Å². The van der Waals surface area contributed by atoms with Crippen LogP contribution in [0.5, 0.6) is 0 Å². The van der Waals surface area contributed by atoms with Crippen molar-refractivity contribution >= 4 is 18.0 Å². The minimum atomic E-state index is -1.63. The molecule has 0 spiro atoms. The number of aliphatic hydroxyl groups excluding tert-OH is 1. The maximum Gasteiger partial charge on any atom is 0.407 e. The minimum Gasteiger partial charge on any atom is -0.479 e. The zero-order valence-corrected chi connectivity index (χ0v) is 18.3. The number of carboxylic acids is 1. The van der Waals surface area contributed by atoms with Gasteiger partial charge in [0.2, 0.25) is 5.91 Å². The van der Waals surface area contributed by atoms with Crippen LogP contribution in [0.3, 0.4) is 0 Å². The van der Waals surface area contributed by atoms with Gasteiger partial charge in [0.05, 0.1) is 6.54 Å². The third-order valence-electron chi connectivity index (χ3n) is 6.68. The summed E-state index contributed by atoms with van der Waals surface area (Å²) in [5, 5.41) is 23.3.